The molecule has 1 rings (SSSR count). The number of ether oxygens (including phenoxy) is 1. The minimum Gasteiger partial charge on any atom is -0.462 e. The minimum absolute atomic E-state index is 0.298. The van der Waals surface area contributed by atoms with E-state index in [0.29, 0.717) is 12.2 Å². The Kier molecular flexibility index (Phi) is 5.25. The summed E-state index contributed by atoms with van der Waals surface area (Å²) in [5.41, 5.74) is 0.529. The lowest BCUT2D eigenvalue weighted by molar-refractivity contribution is 0.0526. The first-order chi connectivity index (χ1) is 7.27. The van der Waals surface area contributed by atoms with Crippen LogP contribution in [0.4, 0.5) is 0 Å². The average molecular weight is 228 g/mol. The van der Waals surface area contributed by atoms with Crippen LogP contribution in [0.5, 0.6) is 0 Å². The van der Waals surface area contributed by atoms with Crippen molar-refractivity contribution in [3.8, 4) is 0 Å². The number of aryl methyl sites for hydroxylation is 1. The van der Waals surface area contributed by atoms with Gasteiger partial charge in [-0.15, -0.1) is 0 Å². The van der Waals surface area contributed by atoms with E-state index >= 15 is 0 Å². The van der Waals surface area contributed by atoms with Gasteiger partial charge in [0.2, 0.25) is 0 Å². The van der Waals surface area contributed by atoms with E-state index in [2.05, 4.69) is 11.4 Å². The Morgan fingerprint density at radius 3 is 3.13 bits per heavy atom. The number of hydrogen-bond donors (Lipinski definition) is 0. The third kappa shape index (κ3) is 3.95. The number of esters is 1. The average Bonchev–Trinajstić information content (AvgIpc) is 2.67. The Hall–Kier alpha value is -0.970. The highest BCUT2D eigenvalue weighted by Crippen LogP contribution is 2.03. The second-order valence-corrected chi connectivity index (χ2v) is 4.04. The molecule has 0 spiro atoms. The van der Waals surface area contributed by atoms with Crippen molar-refractivity contribution in [2.24, 2.45) is 0 Å². The van der Waals surface area contributed by atoms with Crippen LogP contribution in [0.1, 0.15) is 23.7 Å². The number of nitrogens with zero attached hydrogens (tertiary/aromatic N) is 2. The summed E-state index contributed by atoms with van der Waals surface area (Å²) in [5, 5.41) is 4.10. The molecule has 0 atom stereocenters. The van der Waals surface area contributed by atoms with Gasteiger partial charge >= 0.3 is 5.97 Å². The van der Waals surface area contributed by atoms with Crippen molar-refractivity contribution in [3.05, 3.63) is 18.0 Å². The van der Waals surface area contributed by atoms with Gasteiger partial charge < -0.3 is 4.74 Å². The lowest BCUT2D eigenvalue weighted by atomic mass is 10.4. The van der Waals surface area contributed by atoms with Crippen molar-refractivity contribution in [2.75, 3.05) is 18.6 Å². The molecule has 0 saturated carbocycles. The van der Waals surface area contributed by atoms with Gasteiger partial charge in [0.05, 0.1) is 18.4 Å². The molecule has 0 saturated heterocycles. The maximum absolute atomic E-state index is 11.3. The summed E-state index contributed by atoms with van der Waals surface area (Å²) in [4.78, 5) is 11.3. The molecule has 84 valence electrons. The van der Waals surface area contributed by atoms with Crippen LogP contribution in [0.15, 0.2) is 12.4 Å². The first-order valence-electron chi connectivity index (χ1n) is 4.96. The van der Waals surface area contributed by atoms with Crippen LogP contribution in [-0.2, 0) is 11.3 Å². The molecule has 0 radical (unpaired) electrons. The van der Waals surface area contributed by atoms with Crippen molar-refractivity contribution in [1.82, 2.24) is 9.78 Å². The first-order valence-corrected chi connectivity index (χ1v) is 6.35. The van der Waals surface area contributed by atoms with Crippen LogP contribution in [0.2, 0.25) is 0 Å². The molecule has 15 heavy (non-hydrogen) atoms. The lowest BCUT2D eigenvalue weighted by Crippen LogP contribution is -2.03. The van der Waals surface area contributed by atoms with Gasteiger partial charge in [-0.3, -0.25) is 4.68 Å². The summed E-state index contributed by atoms with van der Waals surface area (Å²) in [7, 11) is 0. The van der Waals surface area contributed by atoms with Gasteiger partial charge in [-0.05, 0) is 25.4 Å². The molecule has 4 nitrogen and oxygen atoms in total. The zero-order chi connectivity index (χ0) is 11.1. The van der Waals surface area contributed by atoms with Crippen molar-refractivity contribution in [2.45, 2.75) is 19.9 Å². The maximum atomic E-state index is 11.3. The highest BCUT2D eigenvalue weighted by Gasteiger charge is 2.08. The molecule has 0 fully saturated rings. The van der Waals surface area contributed by atoms with E-state index in [1.807, 2.05) is 11.8 Å². The SMILES string of the molecule is CCOC(=O)c1cnn(CCCSC)c1. The normalized spacial score (nSPS) is 10.3. The molecule has 5 heteroatoms. The molecule has 0 aliphatic heterocycles. The van der Waals surface area contributed by atoms with Crippen LogP contribution in [0.25, 0.3) is 0 Å². The highest BCUT2D eigenvalue weighted by atomic mass is 32.2. The number of carbonyl (C=O) groups is 1. The predicted octanol–water partition coefficient (Wildman–Crippen LogP) is 1.81. The number of rotatable bonds is 6. The van der Waals surface area contributed by atoms with E-state index in [1.165, 1.54) is 0 Å². The van der Waals surface area contributed by atoms with Crippen molar-refractivity contribution < 1.29 is 9.53 Å². The number of aromatic nitrogens is 2. The standard InChI is InChI=1S/C10H16N2O2S/c1-3-14-10(13)9-7-11-12(8-9)5-4-6-15-2/h7-8H,3-6H2,1-2H3. The van der Waals surface area contributed by atoms with Gasteiger partial charge in [-0.25, -0.2) is 4.79 Å². The van der Waals surface area contributed by atoms with E-state index in [4.69, 9.17) is 4.74 Å². The summed E-state index contributed by atoms with van der Waals surface area (Å²) >= 11 is 1.81. The number of hydrogen-bond acceptors (Lipinski definition) is 4. The Morgan fingerprint density at radius 2 is 2.47 bits per heavy atom. The van der Waals surface area contributed by atoms with Gasteiger partial charge in [0.25, 0.3) is 0 Å². The molecule has 1 heterocycles. The second kappa shape index (κ2) is 6.50. The molecule has 0 aliphatic rings. The molecule has 1 aromatic rings. The summed E-state index contributed by atoms with van der Waals surface area (Å²) in [6, 6.07) is 0. The Labute approximate surface area is 94.0 Å². The zero-order valence-corrected chi connectivity index (χ0v) is 9.92. The molecule has 0 aromatic carbocycles. The van der Waals surface area contributed by atoms with E-state index < -0.39 is 0 Å². The lowest BCUT2D eigenvalue weighted by Gasteiger charge is -1.99. The van der Waals surface area contributed by atoms with Crippen LogP contribution >= 0.6 is 11.8 Å². The molecule has 0 aliphatic carbocycles. The summed E-state index contributed by atoms with van der Waals surface area (Å²) < 4.78 is 6.65. The van der Waals surface area contributed by atoms with Gasteiger partial charge in [0.1, 0.15) is 0 Å². The summed E-state index contributed by atoms with van der Waals surface area (Å²) in [5.74, 6) is 0.808. The van der Waals surface area contributed by atoms with Gasteiger partial charge in [-0.2, -0.15) is 16.9 Å². The van der Waals surface area contributed by atoms with Gasteiger partial charge in [0, 0.05) is 12.7 Å². The molecular weight excluding hydrogens is 212 g/mol. The molecule has 1 aromatic heterocycles. The fourth-order valence-corrected chi connectivity index (χ4v) is 1.59. The fraction of sp³-hybridized carbons (Fsp3) is 0.600. The van der Waals surface area contributed by atoms with E-state index in [0.717, 1.165) is 18.7 Å². The Bertz CT molecular complexity index is 312. The van der Waals surface area contributed by atoms with E-state index in [-0.39, 0.29) is 5.97 Å². The fourth-order valence-electron chi connectivity index (χ4n) is 1.18. The molecular formula is C10H16N2O2S. The van der Waals surface area contributed by atoms with Crippen LogP contribution < -0.4 is 0 Å². The molecule has 0 amide bonds. The van der Waals surface area contributed by atoms with Crippen molar-refractivity contribution in [3.63, 3.8) is 0 Å². The zero-order valence-electron chi connectivity index (χ0n) is 9.10. The van der Waals surface area contributed by atoms with Gasteiger partial charge in [0.15, 0.2) is 0 Å². The van der Waals surface area contributed by atoms with E-state index in [1.54, 1.807) is 24.0 Å². The summed E-state index contributed by atoms with van der Waals surface area (Å²) in [6.45, 7) is 3.04. The highest BCUT2D eigenvalue weighted by molar-refractivity contribution is 7.98. The van der Waals surface area contributed by atoms with Gasteiger partial charge in [-0.1, -0.05) is 0 Å². The first kappa shape index (κ1) is 12.1. The maximum Gasteiger partial charge on any atom is 0.341 e. The second-order valence-electron chi connectivity index (χ2n) is 3.06. The monoisotopic (exact) mass is 228 g/mol. The van der Waals surface area contributed by atoms with Crippen molar-refractivity contribution in [1.29, 1.82) is 0 Å². The third-order valence-electron chi connectivity index (χ3n) is 1.88. The third-order valence-corrected chi connectivity index (χ3v) is 2.58. The van der Waals surface area contributed by atoms with Crippen molar-refractivity contribution >= 4 is 17.7 Å². The largest absolute Gasteiger partial charge is 0.462 e. The predicted molar refractivity (Wildman–Crippen MR) is 61.2 cm³/mol. The van der Waals surface area contributed by atoms with Crippen LogP contribution in [0.3, 0.4) is 0 Å². The number of thioether (sulfide) groups is 1. The molecule has 0 bridgehead atoms. The van der Waals surface area contributed by atoms with Crippen LogP contribution in [-0.4, -0.2) is 34.4 Å². The number of carbonyl (C=O) groups excluding carboxylic acids is 1. The topological polar surface area (TPSA) is 44.1 Å². The Morgan fingerprint density at radius 1 is 1.67 bits per heavy atom. The van der Waals surface area contributed by atoms with Crippen LogP contribution in [0, 0.1) is 0 Å². The Balaban J connectivity index is 2.45. The minimum atomic E-state index is -0.298. The van der Waals surface area contributed by atoms with E-state index in [9.17, 15) is 4.79 Å². The molecule has 0 unspecified atom stereocenters. The smallest absolute Gasteiger partial charge is 0.341 e. The summed E-state index contributed by atoms with van der Waals surface area (Å²) in [6.07, 6.45) is 6.42. The quantitative estimate of drug-likeness (QED) is 0.550. The molecule has 0 N–H and O–H groups in total.